The second kappa shape index (κ2) is 8.36. The van der Waals surface area contributed by atoms with Gasteiger partial charge in [-0.05, 0) is 44.5 Å². The van der Waals surface area contributed by atoms with E-state index < -0.39 is 0 Å². The molecule has 6 heteroatoms. The summed E-state index contributed by atoms with van der Waals surface area (Å²) in [6.45, 7) is 3.68. The van der Waals surface area contributed by atoms with Gasteiger partial charge in [0, 0.05) is 24.7 Å². The van der Waals surface area contributed by atoms with Crippen LogP contribution in [0, 0.1) is 11.7 Å². The second-order valence-corrected chi connectivity index (χ2v) is 6.67. The molecule has 2 aromatic rings. The van der Waals surface area contributed by atoms with Crippen molar-refractivity contribution >= 4 is 5.78 Å². The Balaban J connectivity index is 1.58. The van der Waals surface area contributed by atoms with Crippen LogP contribution < -0.4 is 4.74 Å². The molecule has 2 heterocycles. The van der Waals surface area contributed by atoms with E-state index in [-0.39, 0.29) is 30.0 Å². The van der Waals surface area contributed by atoms with Crippen molar-refractivity contribution in [1.29, 1.82) is 0 Å². The van der Waals surface area contributed by atoms with Crippen molar-refractivity contribution in [3.63, 3.8) is 0 Å². The number of likely N-dealkylation sites (tertiary alicyclic amines) is 1. The largest absolute Gasteiger partial charge is 0.480 e. The maximum Gasteiger partial charge on any atom is 0.236 e. The van der Waals surface area contributed by atoms with Gasteiger partial charge in [-0.2, -0.15) is 0 Å². The van der Waals surface area contributed by atoms with Gasteiger partial charge in [-0.1, -0.05) is 18.2 Å². The maximum atomic E-state index is 13.8. The lowest BCUT2D eigenvalue weighted by molar-refractivity contribution is -0.123. The van der Waals surface area contributed by atoms with Gasteiger partial charge in [-0.3, -0.25) is 14.7 Å². The zero-order chi connectivity index (χ0) is 18.5. The maximum absolute atomic E-state index is 13.8. The summed E-state index contributed by atoms with van der Waals surface area (Å²) < 4.78 is 19.1. The van der Waals surface area contributed by atoms with Crippen molar-refractivity contribution in [3.8, 4) is 5.88 Å². The van der Waals surface area contributed by atoms with E-state index in [4.69, 9.17) is 4.74 Å². The van der Waals surface area contributed by atoms with Gasteiger partial charge >= 0.3 is 0 Å². The first kappa shape index (κ1) is 18.5. The molecular weight excluding hydrogens is 333 g/mol. The van der Waals surface area contributed by atoms with Crippen LogP contribution in [-0.2, 0) is 11.2 Å². The van der Waals surface area contributed by atoms with Gasteiger partial charge in [0.2, 0.25) is 5.88 Å². The molecule has 5 nitrogen and oxygen atoms in total. The summed E-state index contributed by atoms with van der Waals surface area (Å²) in [6, 6.07) is 6.57. The van der Waals surface area contributed by atoms with Crippen LogP contribution in [0.2, 0.25) is 0 Å². The molecule has 1 aliphatic rings. The Bertz CT molecular complexity index is 760. The van der Waals surface area contributed by atoms with Crippen LogP contribution in [0.25, 0.3) is 0 Å². The molecule has 1 aromatic carbocycles. The summed E-state index contributed by atoms with van der Waals surface area (Å²) in [5.41, 5.74) is 1.30. The summed E-state index contributed by atoms with van der Waals surface area (Å²) in [5, 5.41) is 0. The third-order valence-electron chi connectivity index (χ3n) is 5.14. The standard InChI is InChI=1S/C20H24FN3O2/c1-14(19-20(26-2)23-10-9-22-19)24-11-7-15(8-12-24)18(25)13-16-5-3-4-6-17(16)21/h3-6,9-10,14-15H,7-8,11-13H2,1-2H3. The van der Waals surface area contributed by atoms with E-state index in [1.54, 1.807) is 37.7 Å². The molecule has 1 unspecified atom stereocenters. The van der Waals surface area contributed by atoms with Crippen LogP contribution in [0.4, 0.5) is 4.39 Å². The highest BCUT2D eigenvalue weighted by atomic mass is 19.1. The van der Waals surface area contributed by atoms with Crippen molar-refractivity contribution < 1.29 is 13.9 Å². The predicted octanol–water partition coefficient (Wildman–Crippen LogP) is 3.21. The number of benzene rings is 1. The lowest BCUT2D eigenvalue weighted by Gasteiger charge is -2.35. The number of Topliss-reactive ketones (excluding diaryl/α,β-unsaturated/α-hetero) is 1. The number of piperidine rings is 1. The SMILES string of the molecule is COc1nccnc1C(C)N1CCC(C(=O)Cc2ccccc2F)CC1. The molecule has 1 fully saturated rings. The van der Waals surface area contributed by atoms with Crippen molar-refractivity contribution in [2.24, 2.45) is 5.92 Å². The Morgan fingerprint density at radius 3 is 2.65 bits per heavy atom. The topological polar surface area (TPSA) is 55.3 Å². The minimum atomic E-state index is -0.304. The molecule has 0 aliphatic carbocycles. The molecule has 138 valence electrons. The number of ketones is 1. The number of hydrogen-bond acceptors (Lipinski definition) is 5. The Labute approximate surface area is 153 Å². The van der Waals surface area contributed by atoms with Crippen LogP contribution in [0.1, 0.15) is 37.1 Å². The number of halogens is 1. The molecule has 26 heavy (non-hydrogen) atoms. The highest BCUT2D eigenvalue weighted by molar-refractivity contribution is 5.83. The fraction of sp³-hybridized carbons (Fsp3) is 0.450. The average Bonchev–Trinajstić information content (AvgIpc) is 2.69. The summed E-state index contributed by atoms with van der Waals surface area (Å²) in [4.78, 5) is 23.4. The number of ether oxygens (including phenoxy) is 1. The molecule has 1 atom stereocenters. The van der Waals surface area contributed by atoms with E-state index in [0.29, 0.717) is 11.4 Å². The van der Waals surface area contributed by atoms with Gasteiger partial charge in [0.05, 0.1) is 13.2 Å². The molecule has 3 rings (SSSR count). The predicted molar refractivity (Wildman–Crippen MR) is 96.4 cm³/mol. The molecule has 0 bridgehead atoms. The molecule has 0 N–H and O–H groups in total. The summed E-state index contributed by atoms with van der Waals surface area (Å²) >= 11 is 0. The normalized spacial score (nSPS) is 17.0. The van der Waals surface area contributed by atoms with Crippen LogP contribution in [0.5, 0.6) is 5.88 Å². The van der Waals surface area contributed by atoms with Gasteiger partial charge in [-0.25, -0.2) is 9.37 Å². The number of nitrogens with zero attached hydrogens (tertiary/aromatic N) is 3. The van der Waals surface area contributed by atoms with E-state index >= 15 is 0 Å². The summed E-state index contributed by atoms with van der Waals surface area (Å²) in [5.74, 6) is 0.348. The first-order valence-corrected chi connectivity index (χ1v) is 8.95. The fourth-order valence-electron chi connectivity index (χ4n) is 3.54. The number of carbonyl (C=O) groups excluding carboxylic acids is 1. The van der Waals surface area contributed by atoms with Crippen LogP contribution in [-0.4, -0.2) is 40.9 Å². The average molecular weight is 357 g/mol. The second-order valence-electron chi connectivity index (χ2n) is 6.67. The summed E-state index contributed by atoms with van der Waals surface area (Å²) in [7, 11) is 1.59. The van der Waals surface area contributed by atoms with Crippen LogP contribution >= 0.6 is 0 Å². The van der Waals surface area contributed by atoms with E-state index in [1.807, 2.05) is 0 Å². The molecule has 0 spiro atoms. The third kappa shape index (κ3) is 4.07. The zero-order valence-corrected chi connectivity index (χ0v) is 15.2. The van der Waals surface area contributed by atoms with Crippen molar-refractivity contribution in [3.05, 3.63) is 53.7 Å². The Kier molecular flexibility index (Phi) is 5.93. The minimum absolute atomic E-state index is 0.0122. The van der Waals surface area contributed by atoms with Gasteiger partial charge in [0.25, 0.3) is 0 Å². The Morgan fingerprint density at radius 2 is 1.96 bits per heavy atom. The number of aromatic nitrogens is 2. The van der Waals surface area contributed by atoms with E-state index in [0.717, 1.165) is 31.6 Å². The number of hydrogen-bond donors (Lipinski definition) is 0. The van der Waals surface area contributed by atoms with Crippen molar-refractivity contribution in [1.82, 2.24) is 14.9 Å². The molecule has 0 radical (unpaired) electrons. The molecule has 0 amide bonds. The first-order valence-electron chi connectivity index (χ1n) is 8.95. The van der Waals surface area contributed by atoms with E-state index in [1.165, 1.54) is 6.07 Å². The number of methoxy groups -OCH3 is 1. The van der Waals surface area contributed by atoms with Crippen LogP contribution in [0.3, 0.4) is 0 Å². The Morgan fingerprint density at radius 1 is 1.27 bits per heavy atom. The van der Waals surface area contributed by atoms with E-state index in [2.05, 4.69) is 21.8 Å². The highest BCUT2D eigenvalue weighted by Crippen LogP contribution is 2.30. The monoisotopic (exact) mass is 357 g/mol. The van der Waals surface area contributed by atoms with Gasteiger partial charge < -0.3 is 4.74 Å². The molecule has 0 saturated carbocycles. The van der Waals surface area contributed by atoms with Crippen molar-refractivity contribution in [2.75, 3.05) is 20.2 Å². The van der Waals surface area contributed by atoms with Gasteiger partial charge in [0.15, 0.2) is 0 Å². The first-order chi connectivity index (χ1) is 12.6. The van der Waals surface area contributed by atoms with Crippen LogP contribution in [0.15, 0.2) is 36.7 Å². The van der Waals surface area contributed by atoms with E-state index in [9.17, 15) is 9.18 Å². The fourth-order valence-corrected chi connectivity index (χ4v) is 3.54. The lowest BCUT2D eigenvalue weighted by atomic mass is 9.88. The van der Waals surface area contributed by atoms with Gasteiger partial charge in [-0.15, -0.1) is 0 Å². The number of rotatable bonds is 6. The lowest BCUT2D eigenvalue weighted by Crippen LogP contribution is -2.38. The third-order valence-corrected chi connectivity index (χ3v) is 5.14. The molecule has 1 saturated heterocycles. The quantitative estimate of drug-likeness (QED) is 0.795. The zero-order valence-electron chi connectivity index (χ0n) is 15.2. The summed E-state index contributed by atoms with van der Waals surface area (Å²) in [6.07, 6.45) is 5.01. The number of carbonyl (C=O) groups is 1. The van der Waals surface area contributed by atoms with Gasteiger partial charge in [0.1, 0.15) is 17.3 Å². The molecule has 1 aromatic heterocycles. The Hall–Kier alpha value is -2.34. The highest BCUT2D eigenvalue weighted by Gasteiger charge is 2.29. The van der Waals surface area contributed by atoms with Crippen molar-refractivity contribution in [2.45, 2.75) is 32.2 Å². The smallest absolute Gasteiger partial charge is 0.236 e. The minimum Gasteiger partial charge on any atom is -0.480 e. The molecular formula is C20H24FN3O2. The molecule has 1 aliphatic heterocycles.